The third-order valence-electron chi connectivity index (χ3n) is 3.83. The zero-order valence-corrected chi connectivity index (χ0v) is 11.2. The van der Waals surface area contributed by atoms with Crippen LogP contribution in [0, 0.1) is 6.92 Å². The third-order valence-corrected chi connectivity index (χ3v) is 3.83. The number of allylic oxidation sites excluding steroid dienone is 1. The number of rotatable bonds is 2. The zero-order valence-electron chi connectivity index (χ0n) is 11.2. The monoisotopic (exact) mass is 229 g/mol. The molecule has 17 heavy (non-hydrogen) atoms. The van der Waals surface area contributed by atoms with Crippen LogP contribution in [0.4, 0.5) is 0 Å². The van der Waals surface area contributed by atoms with E-state index < -0.39 is 0 Å². The predicted molar refractivity (Wildman–Crippen MR) is 74.8 cm³/mol. The van der Waals surface area contributed by atoms with Crippen LogP contribution in [0.15, 0.2) is 29.8 Å². The highest BCUT2D eigenvalue weighted by molar-refractivity contribution is 5.70. The van der Waals surface area contributed by atoms with E-state index in [9.17, 15) is 0 Å². The fourth-order valence-corrected chi connectivity index (χ4v) is 2.66. The molecule has 1 aliphatic rings. The molecule has 0 bridgehead atoms. The van der Waals surface area contributed by atoms with Crippen LogP contribution in [0.3, 0.4) is 0 Å². The molecule has 0 spiro atoms. The van der Waals surface area contributed by atoms with Crippen LogP contribution in [0.2, 0.25) is 0 Å². The Bertz CT molecular complexity index is 423. The summed E-state index contributed by atoms with van der Waals surface area (Å²) in [4.78, 5) is 0. The van der Waals surface area contributed by atoms with Gasteiger partial charge in [0.25, 0.3) is 0 Å². The molecule has 2 N–H and O–H groups in total. The number of nitrogens with two attached hydrogens (primary N) is 1. The molecular weight excluding hydrogens is 206 g/mol. The van der Waals surface area contributed by atoms with Crippen molar-refractivity contribution in [1.29, 1.82) is 0 Å². The molecule has 0 aromatic heterocycles. The minimum absolute atomic E-state index is 0.0289. The van der Waals surface area contributed by atoms with Crippen LogP contribution in [0.1, 0.15) is 50.7 Å². The average Bonchev–Trinajstić information content (AvgIpc) is 2.29. The van der Waals surface area contributed by atoms with Crippen molar-refractivity contribution in [2.45, 2.75) is 52.0 Å². The summed E-state index contributed by atoms with van der Waals surface area (Å²) in [6.07, 6.45) is 4.44. The molecule has 1 unspecified atom stereocenters. The quantitative estimate of drug-likeness (QED) is 0.813. The lowest BCUT2D eigenvalue weighted by molar-refractivity contribution is 0.424. The summed E-state index contributed by atoms with van der Waals surface area (Å²) < 4.78 is 0. The van der Waals surface area contributed by atoms with E-state index in [0.29, 0.717) is 0 Å². The number of benzene rings is 1. The van der Waals surface area contributed by atoms with Gasteiger partial charge in [-0.05, 0) is 50.7 Å². The Labute approximate surface area is 105 Å². The lowest BCUT2D eigenvalue weighted by atomic mass is 9.77. The molecule has 0 fully saturated rings. The Kier molecular flexibility index (Phi) is 3.39. The maximum absolute atomic E-state index is 6.32. The highest BCUT2D eigenvalue weighted by Crippen LogP contribution is 2.37. The standard InChI is InChI=1S/C16H23N/c1-4-13-9-10-16(3,17)11-15(13)14-7-5-12(2)6-8-14/h5-8H,4,9-11,17H2,1-3H3. The first-order chi connectivity index (χ1) is 8.02. The number of aryl methyl sites for hydroxylation is 1. The van der Waals surface area contributed by atoms with Gasteiger partial charge >= 0.3 is 0 Å². The minimum atomic E-state index is -0.0289. The molecular formula is C16H23N. The molecule has 0 saturated carbocycles. The van der Waals surface area contributed by atoms with Crippen molar-refractivity contribution in [2.75, 3.05) is 0 Å². The summed E-state index contributed by atoms with van der Waals surface area (Å²) in [5, 5.41) is 0. The first-order valence-corrected chi connectivity index (χ1v) is 6.58. The molecule has 1 heteroatoms. The fourth-order valence-electron chi connectivity index (χ4n) is 2.66. The Morgan fingerprint density at radius 3 is 2.47 bits per heavy atom. The van der Waals surface area contributed by atoms with Gasteiger partial charge in [0.1, 0.15) is 0 Å². The SMILES string of the molecule is CCC1=C(c2ccc(C)cc2)CC(C)(N)CC1. The summed E-state index contributed by atoms with van der Waals surface area (Å²) in [7, 11) is 0. The van der Waals surface area contributed by atoms with Gasteiger partial charge in [-0.2, -0.15) is 0 Å². The lowest BCUT2D eigenvalue weighted by Crippen LogP contribution is -2.38. The zero-order chi connectivity index (χ0) is 12.5. The lowest BCUT2D eigenvalue weighted by Gasteiger charge is -2.33. The van der Waals surface area contributed by atoms with Crippen molar-refractivity contribution < 1.29 is 0 Å². The van der Waals surface area contributed by atoms with E-state index in [1.165, 1.54) is 16.7 Å². The van der Waals surface area contributed by atoms with Gasteiger partial charge in [-0.25, -0.2) is 0 Å². The highest BCUT2D eigenvalue weighted by Gasteiger charge is 2.27. The number of hydrogen-bond donors (Lipinski definition) is 1. The van der Waals surface area contributed by atoms with Gasteiger partial charge in [-0.15, -0.1) is 0 Å². The van der Waals surface area contributed by atoms with E-state index in [2.05, 4.69) is 45.0 Å². The maximum Gasteiger partial charge on any atom is 0.0169 e. The molecule has 1 aromatic carbocycles. The second kappa shape index (κ2) is 4.66. The van der Waals surface area contributed by atoms with Crippen molar-refractivity contribution >= 4 is 5.57 Å². The molecule has 0 amide bonds. The average molecular weight is 229 g/mol. The molecule has 2 rings (SSSR count). The van der Waals surface area contributed by atoms with Crippen LogP contribution in [0.5, 0.6) is 0 Å². The Morgan fingerprint density at radius 1 is 1.24 bits per heavy atom. The minimum Gasteiger partial charge on any atom is -0.325 e. The van der Waals surface area contributed by atoms with Gasteiger partial charge in [0, 0.05) is 5.54 Å². The van der Waals surface area contributed by atoms with Crippen LogP contribution in [-0.2, 0) is 0 Å². The fraction of sp³-hybridized carbons (Fsp3) is 0.500. The maximum atomic E-state index is 6.32. The van der Waals surface area contributed by atoms with Crippen LogP contribution >= 0.6 is 0 Å². The molecule has 1 nitrogen and oxygen atoms in total. The first kappa shape index (κ1) is 12.4. The van der Waals surface area contributed by atoms with E-state index in [1.807, 2.05) is 0 Å². The van der Waals surface area contributed by atoms with Crippen molar-refractivity contribution in [3.63, 3.8) is 0 Å². The molecule has 0 saturated heterocycles. The first-order valence-electron chi connectivity index (χ1n) is 6.58. The second-order valence-corrected chi connectivity index (χ2v) is 5.63. The van der Waals surface area contributed by atoms with E-state index in [-0.39, 0.29) is 5.54 Å². The Hall–Kier alpha value is -1.08. The smallest absolute Gasteiger partial charge is 0.0169 e. The topological polar surface area (TPSA) is 26.0 Å². The largest absolute Gasteiger partial charge is 0.325 e. The van der Waals surface area contributed by atoms with Crippen LogP contribution in [-0.4, -0.2) is 5.54 Å². The van der Waals surface area contributed by atoms with E-state index in [4.69, 9.17) is 5.73 Å². The third kappa shape index (κ3) is 2.78. The molecule has 1 aromatic rings. The van der Waals surface area contributed by atoms with Gasteiger partial charge in [0.05, 0.1) is 0 Å². The Balaban J connectivity index is 2.39. The predicted octanol–water partition coefficient (Wildman–Crippen LogP) is 4.06. The molecule has 92 valence electrons. The molecule has 0 heterocycles. The highest BCUT2D eigenvalue weighted by atomic mass is 14.7. The van der Waals surface area contributed by atoms with Crippen LogP contribution < -0.4 is 5.73 Å². The summed E-state index contributed by atoms with van der Waals surface area (Å²) in [5.74, 6) is 0. The summed E-state index contributed by atoms with van der Waals surface area (Å²) in [6.45, 7) is 6.56. The Morgan fingerprint density at radius 2 is 1.88 bits per heavy atom. The summed E-state index contributed by atoms with van der Waals surface area (Å²) >= 11 is 0. The van der Waals surface area contributed by atoms with Gasteiger partial charge in [-0.1, -0.05) is 42.3 Å². The van der Waals surface area contributed by atoms with E-state index in [1.54, 1.807) is 5.57 Å². The number of hydrogen-bond acceptors (Lipinski definition) is 1. The summed E-state index contributed by atoms with van der Waals surface area (Å²) in [6, 6.07) is 8.86. The van der Waals surface area contributed by atoms with Gasteiger partial charge in [0.2, 0.25) is 0 Å². The van der Waals surface area contributed by atoms with Gasteiger partial charge in [0.15, 0.2) is 0 Å². The molecule has 1 atom stereocenters. The van der Waals surface area contributed by atoms with Crippen molar-refractivity contribution in [3.8, 4) is 0 Å². The van der Waals surface area contributed by atoms with E-state index in [0.717, 1.165) is 25.7 Å². The molecule has 1 aliphatic carbocycles. The normalized spacial score (nSPS) is 25.2. The van der Waals surface area contributed by atoms with Crippen molar-refractivity contribution in [3.05, 3.63) is 41.0 Å². The van der Waals surface area contributed by atoms with Crippen LogP contribution in [0.25, 0.3) is 5.57 Å². The summed E-state index contributed by atoms with van der Waals surface area (Å²) in [5.41, 5.74) is 12.1. The van der Waals surface area contributed by atoms with E-state index >= 15 is 0 Å². The van der Waals surface area contributed by atoms with Crippen molar-refractivity contribution in [2.24, 2.45) is 5.73 Å². The van der Waals surface area contributed by atoms with Crippen molar-refractivity contribution in [1.82, 2.24) is 0 Å². The van der Waals surface area contributed by atoms with Gasteiger partial charge < -0.3 is 5.73 Å². The second-order valence-electron chi connectivity index (χ2n) is 5.63. The molecule has 0 radical (unpaired) electrons. The van der Waals surface area contributed by atoms with Gasteiger partial charge in [-0.3, -0.25) is 0 Å². The molecule has 0 aliphatic heterocycles.